The highest BCUT2D eigenvalue weighted by Crippen LogP contribution is 2.21. The fraction of sp³-hybridized carbons (Fsp3) is 0.724. The Kier molecular flexibility index (Phi) is 32.5. The smallest absolute Gasteiger partial charge is 0.0245 e. The first-order chi connectivity index (χ1) is 13.6. The highest BCUT2D eigenvalue weighted by atomic mass is 14.1. The fourth-order valence-corrected chi connectivity index (χ4v) is 1.72. The molecule has 0 fully saturated rings. The van der Waals surface area contributed by atoms with Gasteiger partial charge in [0.15, 0.2) is 0 Å². The Balaban J connectivity index is -0.000000185. The van der Waals surface area contributed by atoms with E-state index >= 15 is 0 Å². The van der Waals surface area contributed by atoms with E-state index in [4.69, 9.17) is 0 Å². The predicted octanol–water partition coefficient (Wildman–Crippen LogP) is 10.4. The lowest BCUT2D eigenvalue weighted by Gasteiger charge is -2.10. The molecule has 0 spiro atoms. The minimum atomic E-state index is 0.675. The first kappa shape index (κ1) is 35.2. The maximum atomic E-state index is 3.07. The SMILES string of the molecule is CC.CC.CC#Cc1ccc(C(C)CCCC)cc1.CC(C)C.CC(C)C(C)C. The number of rotatable bonds is 5. The number of hydrogen-bond acceptors (Lipinski definition) is 0. The lowest BCUT2D eigenvalue weighted by molar-refractivity contribution is 0.457. The molecule has 0 heterocycles. The molecule has 1 aromatic rings. The van der Waals surface area contributed by atoms with Crippen LogP contribution in [0.15, 0.2) is 24.3 Å². The van der Waals surface area contributed by atoms with Gasteiger partial charge in [-0.15, -0.1) is 5.92 Å². The van der Waals surface area contributed by atoms with Gasteiger partial charge in [0.2, 0.25) is 0 Å². The van der Waals surface area contributed by atoms with E-state index in [1.807, 2.05) is 34.6 Å². The summed E-state index contributed by atoms with van der Waals surface area (Å²) in [7, 11) is 0. The van der Waals surface area contributed by atoms with Gasteiger partial charge in [0.1, 0.15) is 0 Å². The van der Waals surface area contributed by atoms with Crippen molar-refractivity contribution in [2.45, 2.75) is 122 Å². The topological polar surface area (TPSA) is 0 Å². The van der Waals surface area contributed by atoms with Gasteiger partial charge >= 0.3 is 0 Å². The van der Waals surface area contributed by atoms with Crippen molar-refractivity contribution in [2.75, 3.05) is 0 Å². The molecule has 0 bridgehead atoms. The molecule has 0 aliphatic heterocycles. The molecule has 1 aromatic carbocycles. The van der Waals surface area contributed by atoms with Crippen molar-refractivity contribution in [2.24, 2.45) is 17.8 Å². The zero-order valence-electron chi connectivity index (χ0n) is 22.7. The van der Waals surface area contributed by atoms with Crippen LogP contribution < -0.4 is 0 Å². The van der Waals surface area contributed by atoms with E-state index in [1.165, 1.54) is 24.8 Å². The molecule has 1 atom stereocenters. The molecule has 0 aromatic heterocycles. The predicted molar refractivity (Wildman–Crippen MR) is 140 cm³/mol. The average molecular weight is 405 g/mol. The van der Waals surface area contributed by atoms with Crippen molar-refractivity contribution in [3.05, 3.63) is 35.4 Å². The van der Waals surface area contributed by atoms with E-state index < -0.39 is 0 Å². The highest BCUT2D eigenvalue weighted by Gasteiger charge is 2.03. The summed E-state index contributed by atoms with van der Waals surface area (Å²) in [6.07, 6.45) is 3.89. The third-order valence-electron chi connectivity index (χ3n) is 4.07. The van der Waals surface area contributed by atoms with E-state index in [1.54, 1.807) is 0 Å². The van der Waals surface area contributed by atoms with E-state index in [0.717, 1.165) is 23.3 Å². The zero-order chi connectivity index (χ0) is 23.8. The first-order valence-electron chi connectivity index (χ1n) is 12.2. The Hall–Kier alpha value is -1.22. The molecule has 0 nitrogen and oxygen atoms in total. The summed E-state index contributed by atoms with van der Waals surface area (Å²) in [4.78, 5) is 0. The quantitative estimate of drug-likeness (QED) is 0.428. The van der Waals surface area contributed by atoms with Gasteiger partial charge in [-0.3, -0.25) is 0 Å². The molecule has 172 valence electrons. The molecular formula is C29H56. The molecule has 0 saturated heterocycles. The Morgan fingerprint density at radius 2 is 1.10 bits per heavy atom. The molecule has 0 N–H and O–H groups in total. The van der Waals surface area contributed by atoms with Crippen molar-refractivity contribution in [3.63, 3.8) is 0 Å². The maximum absolute atomic E-state index is 3.07. The Morgan fingerprint density at radius 3 is 1.38 bits per heavy atom. The number of unbranched alkanes of at least 4 members (excludes halogenated alkanes) is 1. The standard InChI is InChI=1S/C15H20.C6H14.C4H10.2C2H6/c1-4-6-8-13(3)15-11-9-14(7-5-2)10-12-15;1-5(2)6(3)4;1-4(2)3;2*1-2/h9-13H,4,6,8H2,1-3H3;5-6H,1-4H3;4H,1-3H3;2*1-2H3. The van der Waals surface area contributed by atoms with Crippen molar-refractivity contribution >= 4 is 0 Å². The summed E-state index contributed by atoms with van der Waals surface area (Å²) in [6.45, 7) is 29.9. The Bertz CT molecular complexity index is 442. The van der Waals surface area contributed by atoms with Gasteiger partial charge in [0, 0.05) is 5.56 Å². The number of benzene rings is 1. The Morgan fingerprint density at radius 1 is 0.724 bits per heavy atom. The van der Waals surface area contributed by atoms with Crippen molar-refractivity contribution in [3.8, 4) is 11.8 Å². The minimum Gasteiger partial charge on any atom is -0.101 e. The second-order valence-electron chi connectivity index (χ2n) is 8.26. The van der Waals surface area contributed by atoms with Crippen LogP contribution in [0.25, 0.3) is 0 Å². The summed E-state index contributed by atoms with van der Waals surface area (Å²) >= 11 is 0. The van der Waals surface area contributed by atoms with Gasteiger partial charge in [-0.2, -0.15) is 0 Å². The van der Waals surface area contributed by atoms with E-state index in [9.17, 15) is 0 Å². The molecule has 0 amide bonds. The summed E-state index contributed by atoms with van der Waals surface area (Å²) in [5.74, 6) is 9.20. The first-order valence-corrected chi connectivity index (χ1v) is 12.2. The highest BCUT2D eigenvalue weighted by molar-refractivity contribution is 5.36. The van der Waals surface area contributed by atoms with Gasteiger partial charge < -0.3 is 0 Å². The summed E-state index contributed by atoms with van der Waals surface area (Å²) < 4.78 is 0. The summed E-state index contributed by atoms with van der Waals surface area (Å²) in [5, 5.41) is 0. The van der Waals surface area contributed by atoms with Crippen molar-refractivity contribution in [1.29, 1.82) is 0 Å². The maximum Gasteiger partial charge on any atom is 0.0245 e. The monoisotopic (exact) mass is 404 g/mol. The largest absolute Gasteiger partial charge is 0.101 e. The molecular weight excluding hydrogens is 348 g/mol. The molecule has 29 heavy (non-hydrogen) atoms. The normalized spacial score (nSPS) is 9.97. The second-order valence-corrected chi connectivity index (χ2v) is 8.26. The van der Waals surface area contributed by atoms with Crippen LogP contribution in [0.4, 0.5) is 0 Å². The van der Waals surface area contributed by atoms with Crippen molar-refractivity contribution in [1.82, 2.24) is 0 Å². The fourth-order valence-electron chi connectivity index (χ4n) is 1.72. The lowest BCUT2D eigenvalue weighted by atomic mass is 9.95. The molecule has 0 radical (unpaired) electrons. The molecule has 1 unspecified atom stereocenters. The van der Waals surface area contributed by atoms with Crippen LogP contribution in [0.2, 0.25) is 0 Å². The third kappa shape index (κ3) is 29.1. The van der Waals surface area contributed by atoms with Gasteiger partial charge in [-0.05, 0) is 54.7 Å². The Labute approximate surface area is 187 Å². The zero-order valence-corrected chi connectivity index (χ0v) is 22.7. The van der Waals surface area contributed by atoms with Crippen LogP contribution in [0.5, 0.6) is 0 Å². The molecule has 0 aliphatic carbocycles. The lowest BCUT2D eigenvalue weighted by Crippen LogP contribution is -1.95. The third-order valence-corrected chi connectivity index (χ3v) is 4.07. The van der Waals surface area contributed by atoms with E-state index in [2.05, 4.69) is 98.4 Å². The average Bonchev–Trinajstić information content (AvgIpc) is 2.70. The van der Waals surface area contributed by atoms with Crippen LogP contribution in [-0.2, 0) is 0 Å². The van der Waals surface area contributed by atoms with Gasteiger partial charge in [-0.25, -0.2) is 0 Å². The summed E-state index contributed by atoms with van der Waals surface area (Å²) in [5.41, 5.74) is 2.55. The van der Waals surface area contributed by atoms with Gasteiger partial charge in [-0.1, -0.05) is 121 Å². The van der Waals surface area contributed by atoms with Gasteiger partial charge in [0.25, 0.3) is 0 Å². The van der Waals surface area contributed by atoms with Crippen molar-refractivity contribution < 1.29 is 0 Å². The van der Waals surface area contributed by atoms with E-state index in [-0.39, 0.29) is 0 Å². The van der Waals surface area contributed by atoms with Crippen LogP contribution in [0, 0.1) is 29.6 Å². The second kappa shape index (κ2) is 26.8. The molecule has 0 saturated carbocycles. The summed E-state index contributed by atoms with van der Waals surface area (Å²) in [6, 6.07) is 8.66. The van der Waals surface area contributed by atoms with Crippen LogP contribution >= 0.6 is 0 Å². The van der Waals surface area contributed by atoms with E-state index in [0.29, 0.717) is 5.92 Å². The molecule has 0 heteroatoms. The molecule has 0 aliphatic rings. The number of hydrogen-bond donors (Lipinski definition) is 0. The minimum absolute atomic E-state index is 0.675. The van der Waals surface area contributed by atoms with Crippen LogP contribution in [0.3, 0.4) is 0 Å². The van der Waals surface area contributed by atoms with Crippen LogP contribution in [-0.4, -0.2) is 0 Å². The van der Waals surface area contributed by atoms with Crippen LogP contribution in [0.1, 0.15) is 133 Å². The molecule has 1 rings (SSSR count). The van der Waals surface area contributed by atoms with Gasteiger partial charge in [0.05, 0.1) is 0 Å².